The Morgan fingerprint density at radius 3 is 2.19 bits per heavy atom. The summed E-state index contributed by atoms with van der Waals surface area (Å²) in [5.74, 6) is 0.313. The molecule has 0 fully saturated rings. The molecule has 0 heterocycles. The monoisotopic (exact) mass is 300 g/mol. The van der Waals surface area contributed by atoms with Crippen molar-refractivity contribution in [2.75, 3.05) is 13.1 Å². The second-order valence-electron chi connectivity index (χ2n) is 6.62. The number of carboxylic acids is 1. The quantitative estimate of drug-likeness (QED) is 0.512. The normalized spacial score (nSPS) is 12.5. The highest BCUT2D eigenvalue weighted by Gasteiger charge is 2.15. The summed E-state index contributed by atoms with van der Waals surface area (Å²) in [6.45, 7) is 9.59. The Morgan fingerprint density at radius 2 is 1.67 bits per heavy atom. The number of rotatable bonds is 11. The van der Waals surface area contributed by atoms with Crippen LogP contribution in [0.5, 0.6) is 0 Å². The minimum Gasteiger partial charge on any atom is -0.481 e. The van der Waals surface area contributed by atoms with Gasteiger partial charge in [0.2, 0.25) is 0 Å². The van der Waals surface area contributed by atoms with Gasteiger partial charge < -0.3 is 15.7 Å². The molecule has 5 heteroatoms. The molecule has 1 atom stereocenters. The molecular formula is C16H32N2O3. The van der Waals surface area contributed by atoms with Crippen LogP contribution in [0.3, 0.4) is 0 Å². The molecule has 0 aromatic rings. The number of unbranched alkanes of at least 4 members (excludes halogenated alkanes) is 1. The molecule has 5 nitrogen and oxygen atoms in total. The van der Waals surface area contributed by atoms with Gasteiger partial charge in [-0.05, 0) is 30.6 Å². The number of carbonyl (C=O) groups is 2. The van der Waals surface area contributed by atoms with Crippen LogP contribution in [0.4, 0.5) is 4.79 Å². The lowest BCUT2D eigenvalue weighted by atomic mass is 9.94. The van der Waals surface area contributed by atoms with E-state index in [4.69, 9.17) is 5.11 Å². The molecule has 0 radical (unpaired) electrons. The van der Waals surface area contributed by atoms with Gasteiger partial charge in [0.05, 0.1) is 0 Å². The minimum absolute atomic E-state index is 0.00538. The first-order chi connectivity index (χ1) is 9.81. The zero-order valence-electron chi connectivity index (χ0n) is 13.9. The van der Waals surface area contributed by atoms with E-state index in [1.54, 1.807) is 0 Å². The van der Waals surface area contributed by atoms with Crippen molar-refractivity contribution in [3.8, 4) is 0 Å². The Morgan fingerprint density at radius 1 is 1.00 bits per heavy atom. The average molecular weight is 300 g/mol. The van der Waals surface area contributed by atoms with E-state index in [0.717, 1.165) is 19.3 Å². The number of carboxylic acid groups (broad SMARTS) is 1. The Hall–Kier alpha value is -1.26. The van der Waals surface area contributed by atoms with Gasteiger partial charge in [-0.3, -0.25) is 4.79 Å². The molecule has 0 spiro atoms. The molecule has 0 aliphatic heterocycles. The topological polar surface area (TPSA) is 78.4 Å². The first-order valence-electron chi connectivity index (χ1n) is 8.04. The molecule has 0 aromatic heterocycles. The van der Waals surface area contributed by atoms with Gasteiger partial charge in [-0.25, -0.2) is 4.79 Å². The fraction of sp³-hybridized carbons (Fsp3) is 0.875. The summed E-state index contributed by atoms with van der Waals surface area (Å²) in [7, 11) is 0. The number of nitrogens with one attached hydrogen (secondary N) is 2. The zero-order chi connectivity index (χ0) is 16.3. The molecule has 3 N–H and O–H groups in total. The van der Waals surface area contributed by atoms with Crippen LogP contribution in [0.2, 0.25) is 0 Å². The molecule has 0 aromatic carbocycles. The molecule has 0 aliphatic rings. The third-order valence-corrected chi connectivity index (χ3v) is 3.31. The van der Waals surface area contributed by atoms with Crippen molar-refractivity contribution >= 4 is 12.0 Å². The van der Waals surface area contributed by atoms with E-state index in [1.807, 2.05) is 0 Å². The fourth-order valence-electron chi connectivity index (χ4n) is 2.33. The molecule has 0 rings (SSSR count). The smallest absolute Gasteiger partial charge is 0.314 e. The molecule has 124 valence electrons. The van der Waals surface area contributed by atoms with Gasteiger partial charge >= 0.3 is 12.0 Å². The van der Waals surface area contributed by atoms with Crippen molar-refractivity contribution in [2.45, 2.75) is 59.8 Å². The van der Waals surface area contributed by atoms with Gasteiger partial charge in [0.15, 0.2) is 0 Å². The van der Waals surface area contributed by atoms with Crippen LogP contribution >= 0.6 is 0 Å². The second-order valence-corrected chi connectivity index (χ2v) is 6.62. The van der Waals surface area contributed by atoms with Crippen molar-refractivity contribution in [3.63, 3.8) is 0 Å². The summed E-state index contributed by atoms with van der Waals surface area (Å²) in [5, 5.41) is 14.5. The van der Waals surface area contributed by atoms with Crippen LogP contribution in [0.15, 0.2) is 0 Å². The Balaban J connectivity index is 3.83. The number of carbonyl (C=O) groups excluding carboxylic acids is 1. The zero-order valence-corrected chi connectivity index (χ0v) is 13.9. The maximum atomic E-state index is 11.6. The first-order valence-corrected chi connectivity index (χ1v) is 8.04. The van der Waals surface area contributed by atoms with E-state index < -0.39 is 5.97 Å². The van der Waals surface area contributed by atoms with Crippen LogP contribution in [0, 0.1) is 17.8 Å². The van der Waals surface area contributed by atoms with Crippen molar-refractivity contribution < 1.29 is 14.7 Å². The summed E-state index contributed by atoms with van der Waals surface area (Å²) >= 11 is 0. The van der Waals surface area contributed by atoms with Crippen LogP contribution < -0.4 is 10.6 Å². The van der Waals surface area contributed by atoms with Crippen molar-refractivity contribution in [1.82, 2.24) is 10.6 Å². The molecule has 21 heavy (non-hydrogen) atoms. The Labute approximate surface area is 128 Å². The third-order valence-electron chi connectivity index (χ3n) is 3.31. The van der Waals surface area contributed by atoms with Gasteiger partial charge in [0, 0.05) is 19.5 Å². The van der Waals surface area contributed by atoms with Gasteiger partial charge in [0.1, 0.15) is 0 Å². The van der Waals surface area contributed by atoms with Crippen molar-refractivity contribution in [2.24, 2.45) is 17.8 Å². The van der Waals surface area contributed by atoms with E-state index in [-0.39, 0.29) is 18.4 Å². The SMILES string of the molecule is CC(C)CCCCNC(=O)NCC(CC(=O)O)CC(C)C. The molecule has 1 unspecified atom stereocenters. The summed E-state index contributed by atoms with van der Waals surface area (Å²) in [6, 6.07) is -0.196. The molecular weight excluding hydrogens is 268 g/mol. The number of hydrogen-bond acceptors (Lipinski definition) is 2. The van der Waals surface area contributed by atoms with Gasteiger partial charge in [-0.1, -0.05) is 40.5 Å². The predicted octanol–water partition coefficient (Wildman–Crippen LogP) is 3.25. The molecule has 0 bridgehead atoms. The summed E-state index contributed by atoms with van der Waals surface area (Å²) in [4.78, 5) is 22.5. The van der Waals surface area contributed by atoms with Crippen molar-refractivity contribution in [1.29, 1.82) is 0 Å². The maximum absolute atomic E-state index is 11.6. The number of hydrogen-bond donors (Lipinski definition) is 3. The molecule has 0 aliphatic carbocycles. The summed E-state index contributed by atoms with van der Waals surface area (Å²) < 4.78 is 0. The average Bonchev–Trinajstić information content (AvgIpc) is 2.33. The predicted molar refractivity (Wildman–Crippen MR) is 85.3 cm³/mol. The van der Waals surface area contributed by atoms with Crippen LogP contribution in [-0.4, -0.2) is 30.2 Å². The molecule has 2 amide bonds. The highest BCUT2D eigenvalue weighted by Crippen LogP contribution is 2.14. The summed E-state index contributed by atoms with van der Waals surface area (Å²) in [5.41, 5.74) is 0. The van der Waals surface area contributed by atoms with Gasteiger partial charge in [-0.2, -0.15) is 0 Å². The fourth-order valence-corrected chi connectivity index (χ4v) is 2.33. The lowest BCUT2D eigenvalue weighted by Gasteiger charge is -2.18. The maximum Gasteiger partial charge on any atom is 0.314 e. The Kier molecular flexibility index (Phi) is 10.7. The lowest BCUT2D eigenvalue weighted by Crippen LogP contribution is -2.39. The first kappa shape index (κ1) is 19.7. The number of urea groups is 1. The van der Waals surface area contributed by atoms with Crippen LogP contribution in [0.1, 0.15) is 59.8 Å². The van der Waals surface area contributed by atoms with E-state index in [0.29, 0.717) is 24.9 Å². The Bertz CT molecular complexity index is 304. The van der Waals surface area contributed by atoms with E-state index in [1.165, 1.54) is 6.42 Å². The third kappa shape index (κ3) is 13.5. The molecule has 0 saturated carbocycles. The highest BCUT2D eigenvalue weighted by molar-refractivity contribution is 5.74. The largest absolute Gasteiger partial charge is 0.481 e. The minimum atomic E-state index is -0.809. The van der Waals surface area contributed by atoms with Crippen molar-refractivity contribution in [3.05, 3.63) is 0 Å². The standard InChI is InChI=1S/C16H32N2O3/c1-12(2)7-5-6-8-17-16(21)18-11-14(9-13(3)4)10-15(19)20/h12-14H,5-11H2,1-4H3,(H,19,20)(H2,17,18,21). The van der Waals surface area contributed by atoms with E-state index >= 15 is 0 Å². The number of amides is 2. The summed E-state index contributed by atoms with van der Waals surface area (Å²) in [6.07, 6.45) is 4.19. The van der Waals surface area contributed by atoms with Crippen LogP contribution in [0.25, 0.3) is 0 Å². The number of aliphatic carboxylic acids is 1. The second kappa shape index (κ2) is 11.4. The van der Waals surface area contributed by atoms with E-state index in [2.05, 4.69) is 38.3 Å². The van der Waals surface area contributed by atoms with E-state index in [9.17, 15) is 9.59 Å². The molecule has 0 saturated heterocycles. The highest BCUT2D eigenvalue weighted by atomic mass is 16.4. The lowest BCUT2D eigenvalue weighted by molar-refractivity contribution is -0.138. The van der Waals surface area contributed by atoms with Gasteiger partial charge in [0.25, 0.3) is 0 Å². The van der Waals surface area contributed by atoms with Gasteiger partial charge in [-0.15, -0.1) is 0 Å². The van der Waals surface area contributed by atoms with Crippen LogP contribution in [-0.2, 0) is 4.79 Å².